The number of benzene rings is 1. The maximum absolute atomic E-state index is 11.5. The summed E-state index contributed by atoms with van der Waals surface area (Å²) in [5.74, 6) is -1.56. The van der Waals surface area contributed by atoms with Crippen LogP contribution in [0.4, 0.5) is 0 Å². The van der Waals surface area contributed by atoms with E-state index in [9.17, 15) is 9.59 Å². The van der Waals surface area contributed by atoms with E-state index in [1.165, 1.54) is 0 Å². The van der Waals surface area contributed by atoms with Crippen LogP contribution >= 0.6 is 11.6 Å². The van der Waals surface area contributed by atoms with Crippen LogP contribution in [-0.4, -0.2) is 34.7 Å². The van der Waals surface area contributed by atoms with Crippen molar-refractivity contribution < 1.29 is 19.8 Å². The van der Waals surface area contributed by atoms with E-state index in [-0.39, 0.29) is 25.3 Å². The maximum Gasteiger partial charge on any atom is 0.332 e. The number of halogens is 1. The lowest BCUT2D eigenvalue weighted by molar-refractivity contribution is -0.147. The molecule has 0 spiro atoms. The summed E-state index contributed by atoms with van der Waals surface area (Å²) in [6.07, 6.45) is -1.35. The van der Waals surface area contributed by atoms with Gasteiger partial charge < -0.3 is 15.5 Å². The topological polar surface area (TPSA) is 86.6 Å². The first-order valence-corrected chi connectivity index (χ1v) is 5.79. The zero-order chi connectivity index (χ0) is 13.5. The van der Waals surface area contributed by atoms with Gasteiger partial charge >= 0.3 is 5.97 Å². The van der Waals surface area contributed by atoms with Gasteiger partial charge in [0, 0.05) is 18.0 Å². The zero-order valence-corrected chi connectivity index (χ0v) is 10.4. The van der Waals surface area contributed by atoms with Crippen molar-refractivity contribution in [1.82, 2.24) is 5.32 Å². The van der Waals surface area contributed by atoms with Crippen molar-refractivity contribution in [3.05, 3.63) is 34.9 Å². The largest absolute Gasteiger partial charge is 0.479 e. The van der Waals surface area contributed by atoms with Crippen molar-refractivity contribution in [2.75, 3.05) is 6.54 Å². The Morgan fingerprint density at radius 3 is 2.61 bits per heavy atom. The minimum absolute atomic E-state index is 0.0242. The van der Waals surface area contributed by atoms with Crippen LogP contribution < -0.4 is 5.32 Å². The Morgan fingerprint density at radius 1 is 1.33 bits per heavy atom. The third kappa shape index (κ3) is 4.73. The van der Waals surface area contributed by atoms with Crippen LogP contribution in [0.5, 0.6) is 0 Å². The Hall–Kier alpha value is -1.59. The van der Waals surface area contributed by atoms with Crippen LogP contribution in [-0.2, 0) is 16.0 Å². The first-order valence-electron chi connectivity index (χ1n) is 5.41. The van der Waals surface area contributed by atoms with E-state index < -0.39 is 12.1 Å². The third-order valence-electron chi connectivity index (χ3n) is 2.33. The summed E-state index contributed by atoms with van der Waals surface area (Å²) in [5, 5.41) is 20.5. The number of carbonyl (C=O) groups excluding carboxylic acids is 1. The van der Waals surface area contributed by atoms with Gasteiger partial charge in [0.1, 0.15) is 0 Å². The number of aliphatic hydroxyl groups excluding tert-OH is 1. The normalized spacial score (nSPS) is 11.9. The van der Waals surface area contributed by atoms with E-state index in [1.54, 1.807) is 24.3 Å². The quantitative estimate of drug-likeness (QED) is 0.715. The molecule has 6 heteroatoms. The van der Waals surface area contributed by atoms with Gasteiger partial charge in [0.05, 0.1) is 6.42 Å². The molecule has 0 aliphatic rings. The van der Waals surface area contributed by atoms with E-state index in [1.807, 2.05) is 0 Å². The molecule has 1 aromatic rings. The number of hydrogen-bond donors (Lipinski definition) is 3. The molecule has 1 aromatic carbocycles. The van der Waals surface area contributed by atoms with Crippen LogP contribution in [0.3, 0.4) is 0 Å². The number of nitrogens with one attached hydrogen (secondary N) is 1. The maximum atomic E-state index is 11.5. The van der Waals surface area contributed by atoms with E-state index in [0.717, 1.165) is 0 Å². The van der Waals surface area contributed by atoms with Gasteiger partial charge in [-0.15, -0.1) is 0 Å². The summed E-state index contributed by atoms with van der Waals surface area (Å²) < 4.78 is 0. The van der Waals surface area contributed by atoms with Gasteiger partial charge in [-0.2, -0.15) is 0 Å². The predicted octanol–water partition coefficient (Wildman–Crippen LogP) is 0.834. The summed E-state index contributed by atoms with van der Waals surface area (Å²) in [5.41, 5.74) is 0.704. The highest BCUT2D eigenvalue weighted by Crippen LogP contribution is 2.15. The lowest BCUT2D eigenvalue weighted by atomic mass is 10.1. The molecule has 0 fully saturated rings. The molecular weight excluding hydrogens is 258 g/mol. The molecule has 3 N–H and O–H groups in total. The molecule has 0 bridgehead atoms. The first kappa shape index (κ1) is 14.5. The Balaban J connectivity index is 2.35. The second-order valence-corrected chi connectivity index (χ2v) is 4.17. The SMILES string of the molecule is O=C(Cc1ccccc1Cl)NCC[C@H](O)C(=O)O. The molecule has 0 aliphatic heterocycles. The summed E-state index contributed by atoms with van der Waals surface area (Å²) in [6.45, 7) is 0.108. The van der Waals surface area contributed by atoms with Crippen molar-refractivity contribution in [3.8, 4) is 0 Å². The zero-order valence-electron chi connectivity index (χ0n) is 9.60. The average molecular weight is 272 g/mol. The third-order valence-corrected chi connectivity index (χ3v) is 2.70. The minimum Gasteiger partial charge on any atom is -0.479 e. The number of aliphatic hydroxyl groups is 1. The van der Waals surface area contributed by atoms with Gasteiger partial charge in [-0.3, -0.25) is 4.79 Å². The number of rotatable bonds is 6. The Bertz CT molecular complexity index is 436. The molecule has 0 aliphatic carbocycles. The lowest BCUT2D eigenvalue weighted by Gasteiger charge is -2.08. The number of aliphatic carboxylic acids is 1. The average Bonchev–Trinajstić information content (AvgIpc) is 2.32. The molecule has 0 radical (unpaired) electrons. The van der Waals surface area contributed by atoms with Gasteiger partial charge in [-0.05, 0) is 11.6 Å². The van der Waals surface area contributed by atoms with E-state index in [0.29, 0.717) is 10.6 Å². The van der Waals surface area contributed by atoms with Crippen molar-refractivity contribution in [2.24, 2.45) is 0 Å². The molecule has 0 unspecified atom stereocenters. The number of carboxylic acids is 1. The first-order chi connectivity index (χ1) is 8.50. The Morgan fingerprint density at radius 2 is 2.00 bits per heavy atom. The Kier molecular flexibility index (Phi) is 5.61. The van der Waals surface area contributed by atoms with E-state index >= 15 is 0 Å². The lowest BCUT2D eigenvalue weighted by Crippen LogP contribution is -2.31. The van der Waals surface area contributed by atoms with Crippen molar-refractivity contribution in [3.63, 3.8) is 0 Å². The van der Waals surface area contributed by atoms with Gasteiger partial charge in [0.2, 0.25) is 5.91 Å². The molecular formula is C12H14ClNO4. The van der Waals surface area contributed by atoms with Crippen LogP contribution in [0.15, 0.2) is 24.3 Å². The molecule has 1 rings (SSSR count). The molecule has 0 aromatic heterocycles. The summed E-state index contributed by atoms with van der Waals surface area (Å²) in [6, 6.07) is 6.99. The standard InChI is InChI=1S/C12H14ClNO4/c13-9-4-2-1-3-8(9)7-11(16)14-6-5-10(15)12(17)18/h1-4,10,15H,5-7H2,(H,14,16)(H,17,18)/t10-/m0/s1. The smallest absolute Gasteiger partial charge is 0.332 e. The summed E-state index contributed by atoms with van der Waals surface area (Å²) >= 11 is 5.90. The minimum atomic E-state index is -1.45. The van der Waals surface area contributed by atoms with Crippen LogP contribution in [0.1, 0.15) is 12.0 Å². The fourth-order valence-corrected chi connectivity index (χ4v) is 1.55. The van der Waals surface area contributed by atoms with Crippen LogP contribution in [0.2, 0.25) is 5.02 Å². The molecule has 98 valence electrons. The molecule has 1 amide bonds. The van der Waals surface area contributed by atoms with Crippen LogP contribution in [0.25, 0.3) is 0 Å². The fourth-order valence-electron chi connectivity index (χ4n) is 1.35. The van der Waals surface area contributed by atoms with Crippen molar-refractivity contribution >= 4 is 23.5 Å². The van der Waals surface area contributed by atoms with Crippen LogP contribution in [0, 0.1) is 0 Å². The number of carboxylic acid groups (broad SMARTS) is 1. The number of hydrogen-bond acceptors (Lipinski definition) is 3. The summed E-state index contributed by atoms with van der Waals surface area (Å²) in [4.78, 5) is 21.8. The fraction of sp³-hybridized carbons (Fsp3) is 0.333. The van der Waals surface area contributed by atoms with Gasteiger partial charge in [-0.1, -0.05) is 29.8 Å². The van der Waals surface area contributed by atoms with Crippen molar-refractivity contribution in [2.45, 2.75) is 18.9 Å². The molecule has 0 heterocycles. The van der Waals surface area contributed by atoms with Gasteiger partial charge in [-0.25, -0.2) is 4.79 Å². The van der Waals surface area contributed by atoms with Gasteiger partial charge in [0.15, 0.2) is 6.10 Å². The van der Waals surface area contributed by atoms with E-state index in [2.05, 4.69) is 5.32 Å². The second kappa shape index (κ2) is 6.98. The molecule has 5 nitrogen and oxygen atoms in total. The van der Waals surface area contributed by atoms with Gasteiger partial charge in [0.25, 0.3) is 0 Å². The molecule has 0 saturated carbocycles. The molecule has 18 heavy (non-hydrogen) atoms. The predicted molar refractivity (Wildman–Crippen MR) is 66.4 cm³/mol. The molecule has 0 saturated heterocycles. The second-order valence-electron chi connectivity index (χ2n) is 3.76. The van der Waals surface area contributed by atoms with E-state index in [4.69, 9.17) is 21.8 Å². The monoisotopic (exact) mass is 271 g/mol. The summed E-state index contributed by atoms with van der Waals surface area (Å²) in [7, 11) is 0. The highest BCUT2D eigenvalue weighted by atomic mass is 35.5. The Labute approximate surface area is 109 Å². The highest BCUT2D eigenvalue weighted by molar-refractivity contribution is 6.31. The highest BCUT2D eigenvalue weighted by Gasteiger charge is 2.13. The van der Waals surface area contributed by atoms with Crippen molar-refractivity contribution in [1.29, 1.82) is 0 Å². The number of amides is 1. The molecule has 1 atom stereocenters. The number of carbonyl (C=O) groups is 2.